The molecular formula is C10H10N2O2. The molecule has 0 amide bonds. The van der Waals surface area contributed by atoms with E-state index in [-0.39, 0.29) is 0 Å². The smallest absolute Gasteiger partial charge is 0.163 e. The molecule has 2 heterocycles. The zero-order valence-electron chi connectivity index (χ0n) is 7.56. The molecule has 0 saturated heterocycles. The third-order valence-electron chi connectivity index (χ3n) is 1.90. The Kier molecular flexibility index (Phi) is 2.44. The molecule has 0 aliphatic carbocycles. The Morgan fingerprint density at radius 2 is 2.07 bits per heavy atom. The summed E-state index contributed by atoms with van der Waals surface area (Å²) >= 11 is 0. The maximum absolute atomic E-state index is 6.88. The van der Waals surface area contributed by atoms with Crippen LogP contribution in [0.4, 0.5) is 0 Å². The molecule has 2 rings (SSSR count). The standard InChI is InChI=1S/C10H10N2O2/c11-12-8-4-6-14-10(7-8)9-3-1-2-5-13-9/h1-4,7,11H,5-6H2. The molecule has 0 bridgehead atoms. The normalized spacial score (nSPS) is 19.9. The first kappa shape index (κ1) is 8.74. The van der Waals surface area contributed by atoms with Gasteiger partial charge in [0.15, 0.2) is 11.5 Å². The molecule has 0 unspecified atom stereocenters. The highest BCUT2D eigenvalue weighted by Crippen LogP contribution is 2.21. The van der Waals surface area contributed by atoms with Crippen LogP contribution in [-0.2, 0) is 9.47 Å². The fourth-order valence-corrected chi connectivity index (χ4v) is 1.22. The van der Waals surface area contributed by atoms with Crippen molar-refractivity contribution >= 4 is 0 Å². The molecule has 0 spiro atoms. The van der Waals surface area contributed by atoms with Gasteiger partial charge in [0.2, 0.25) is 0 Å². The van der Waals surface area contributed by atoms with E-state index in [1.165, 1.54) is 0 Å². The van der Waals surface area contributed by atoms with Gasteiger partial charge in [0.05, 0.1) is 5.70 Å². The van der Waals surface area contributed by atoms with Crippen LogP contribution in [0.1, 0.15) is 0 Å². The Bertz CT molecular complexity index is 364. The summed E-state index contributed by atoms with van der Waals surface area (Å²) in [6.45, 7) is 0.998. The van der Waals surface area contributed by atoms with Crippen molar-refractivity contribution in [1.82, 2.24) is 0 Å². The Morgan fingerprint density at radius 1 is 1.21 bits per heavy atom. The van der Waals surface area contributed by atoms with E-state index in [9.17, 15) is 0 Å². The molecule has 14 heavy (non-hydrogen) atoms. The Hall–Kier alpha value is -1.84. The van der Waals surface area contributed by atoms with Crippen molar-refractivity contribution < 1.29 is 9.47 Å². The zero-order valence-corrected chi connectivity index (χ0v) is 7.56. The summed E-state index contributed by atoms with van der Waals surface area (Å²) in [7, 11) is 0. The van der Waals surface area contributed by atoms with Gasteiger partial charge in [0.25, 0.3) is 0 Å². The SMILES string of the molecule is N=NC1=CCOC(C2=CC=CCO2)=C1. The van der Waals surface area contributed by atoms with E-state index in [1.807, 2.05) is 18.2 Å². The van der Waals surface area contributed by atoms with Crippen molar-refractivity contribution in [1.29, 1.82) is 5.53 Å². The molecule has 0 aromatic carbocycles. The molecule has 0 fully saturated rings. The highest BCUT2D eigenvalue weighted by atomic mass is 16.5. The number of hydrogen-bond acceptors (Lipinski definition) is 4. The van der Waals surface area contributed by atoms with Crippen LogP contribution < -0.4 is 0 Å². The number of nitrogens with zero attached hydrogens (tertiary/aromatic N) is 1. The van der Waals surface area contributed by atoms with Crippen molar-refractivity contribution in [2.45, 2.75) is 0 Å². The first-order valence-electron chi connectivity index (χ1n) is 4.32. The number of rotatable bonds is 2. The lowest BCUT2D eigenvalue weighted by Gasteiger charge is -2.17. The van der Waals surface area contributed by atoms with Gasteiger partial charge in [-0.25, -0.2) is 5.53 Å². The summed E-state index contributed by atoms with van der Waals surface area (Å²) in [4.78, 5) is 0. The van der Waals surface area contributed by atoms with Gasteiger partial charge in [-0.1, -0.05) is 6.08 Å². The summed E-state index contributed by atoms with van der Waals surface area (Å²) in [6, 6.07) is 0. The van der Waals surface area contributed by atoms with Crippen molar-refractivity contribution in [3.05, 3.63) is 47.6 Å². The molecule has 72 valence electrons. The quantitative estimate of drug-likeness (QED) is 0.679. The Morgan fingerprint density at radius 3 is 2.79 bits per heavy atom. The van der Waals surface area contributed by atoms with E-state index in [0.29, 0.717) is 30.4 Å². The molecule has 0 aromatic heterocycles. The molecule has 0 saturated carbocycles. The van der Waals surface area contributed by atoms with Gasteiger partial charge in [-0.3, -0.25) is 0 Å². The summed E-state index contributed by atoms with van der Waals surface area (Å²) in [6.07, 6.45) is 9.11. The van der Waals surface area contributed by atoms with Crippen LogP contribution in [0.15, 0.2) is 52.7 Å². The van der Waals surface area contributed by atoms with Crippen LogP contribution in [0.25, 0.3) is 0 Å². The molecule has 2 aliphatic rings. The topological polar surface area (TPSA) is 54.7 Å². The summed E-state index contributed by atoms with van der Waals surface area (Å²) in [5.74, 6) is 1.34. The van der Waals surface area contributed by atoms with Gasteiger partial charge in [-0.2, -0.15) is 5.11 Å². The fourth-order valence-electron chi connectivity index (χ4n) is 1.22. The minimum atomic E-state index is 0.438. The lowest BCUT2D eigenvalue weighted by molar-refractivity contribution is 0.176. The maximum atomic E-state index is 6.88. The molecule has 0 radical (unpaired) electrons. The average Bonchev–Trinajstić information content (AvgIpc) is 2.30. The second-order valence-electron chi connectivity index (χ2n) is 2.83. The molecule has 4 heteroatoms. The van der Waals surface area contributed by atoms with Gasteiger partial charge in [0, 0.05) is 6.08 Å². The summed E-state index contributed by atoms with van der Waals surface area (Å²) in [5, 5.41) is 3.35. The van der Waals surface area contributed by atoms with Crippen LogP contribution in [0.3, 0.4) is 0 Å². The molecule has 1 N–H and O–H groups in total. The zero-order chi connectivity index (χ0) is 9.80. The Labute approximate surface area is 81.7 Å². The average molecular weight is 190 g/mol. The van der Waals surface area contributed by atoms with Crippen molar-refractivity contribution in [3.63, 3.8) is 0 Å². The van der Waals surface area contributed by atoms with Crippen LogP contribution in [-0.4, -0.2) is 13.2 Å². The molecule has 0 atom stereocenters. The van der Waals surface area contributed by atoms with Gasteiger partial charge in [-0.15, -0.1) is 0 Å². The first-order valence-corrected chi connectivity index (χ1v) is 4.32. The van der Waals surface area contributed by atoms with Gasteiger partial charge >= 0.3 is 0 Å². The minimum absolute atomic E-state index is 0.438. The first-order chi connectivity index (χ1) is 6.90. The van der Waals surface area contributed by atoms with Crippen LogP contribution in [0.5, 0.6) is 0 Å². The van der Waals surface area contributed by atoms with Gasteiger partial charge < -0.3 is 9.47 Å². The predicted octanol–water partition coefficient (Wildman–Crippen LogP) is 2.29. The molecule has 2 aliphatic heterocycles. The van der Waals surface area contributed by atoms with Crippen LogP contribution >= 0.6 is 0 Å². The van der Waals surface area contributed by atoms with Crippen molar-refractivity contribution in [2.75, 3.05) is 13.2 Å². The lowest BCUT2D eigenvalue weighted by atomic mass is 10.2. The van der Waals surface area contributed by atoms with Gasteiger partial charge in [-0.05, 0) is 18.2 Å². The van der Waals surface area contributed by atoms with Crippen LogP contribution in [0.2, 0.25) is 0 Å². The van der Waals surface area contributed by atoms with E-state index in [4.69, 9.17) is 15.0 Å². The van der Waals surface area contributed by atoms with Crippen molar-refractivity contribution in [3.8, 4) is 0 Å². The largest absolute Gasteiger partial charge is 0.486 e. The second kappa shape index (κ2) is 3.91. The monoisotopic (exact) mass is 190 g/mol. The number of hydrogen-bond donors (Lipinski definition) is 1. The highest BCUT2D eigenvalue weighted by molar-refractivity contribution is 5.34. The predicted molar refractivity (Wildman–Crippen MR) is 50.4 cm³/mol. The van der Waals surface area contributed by atoms with E-state index in [1.54, 1.807) is 12.2 Å². The van der Waals surface area contributed by atoms with E-state index >= 15 is 0 Å². The van der Waals surface area contributed by atoms with Crippen LogP contribution in [0, 0.1) is 5.53 Å². The van der Waals surface area contributed by atoms with E-state index in [0.717, 1.165) is 0 Å². The lowest BCUT2D eigenvalue weighted by Crippen LogP contribution is -2.06. The molecule has 0 aromatic rings. The van der Waals surface area contributed by atoms with E-state index < -0.39 is 0 Å². The summed E-state index contributed by atoms with van der Waals surface area (Å²) in [5.41, 5.74) is 7.49. The van der Waals surface area contributed by atoms with Gasteiger partial charge in [0.1, 0.15) is 13.2 Å². The second-order valence-corrected chi connectivity index (χ2v) is 2.83. The molecule has 4 nitrogen and oxygen atoms in total. The third-order valence-corrected chi connectivity index (χ3v) is 1.90. The highest BCUT2D eigenvalue weighted by Gasteiger charge is 2.12. The van der Waals surface area contributed by atoms with E-state index in [2.05, 4.69) is 5.11 Å². The maximum Gasteiger partial charge on any atom is 0.163 e. The number of ether oxygens (including phenoxy) is 2. The Balaban J connectivity index is 2.22. The minimum Gasteiger partial charge on any atom is -0.486 e. The molecular weight excluding hydrogens is 180 g/mol. The number of allylic oxidation sites excluding steroid dienone is 3. The number of nitrogens with one attached hydrogen (secondary N) is 1. The fraction of sp³-hybridized carbons (Fsp3) is 0.200. The summed E-state index contributed by atoms with van der Waals surface area (Å²) < 4.78 is 10.7. The van der Waals surface area contributed by atoms with Crippen molar-refractivity contribution in [2.24, 2.45) is 5.11 Å². The third kappa shape index (κ3) is 1.74.